The van der Waals surface area contributed by atoms with Crippen molar-refractivity contribution < 1.29 is 9.59 Å². The molecule has 0 saturated carbocycles. The number of carbonyl (C=O) groups is 2. The average Bonchev–Trinajstić information content (AvgIpc) is 3.06. The SMILES string of the molecule is C/C(=N/NC(=O)c1cccc(N2CCCC2=O)c1)c1ccc(Br)cc1. The number of anilines is 1. The van der Waals surface area contributed by atoms with Crippen molar-refractivity contribution in [1.29, 1.82) is 0 Å². The summed E-state index contributed by atoms with van der Waals surface area (Å²) in [7, 11) is 0. The predicted octanol–water partition coefficient (Wildman–Crippen LogP) is 3.73. The van der Waals surface area contributed by atoms with Gasteiger partial charge in [0.15, 0.2) is 0 Å². The molecular formula is C19H18BrN3O2. The monoisotopic (exact) mass is 399 g/mol. The topological polar surface area (TPSA) is 61.8 Å². The molecule has 2 aromatic rings. The van der Waals surface area contributed by atoms with Gasteiger partial charge >= 0.3 is 0 Å². The van der Waals surface area contributed by atoms with Crippen LogP contribution in [0, 0.1) is 0 Å². The van der Waals surface area contributed by atoms with Crippen molar-refractivity contribution in [2.75, 3.05) is 11.4 Å². The van der Waals surface area contributed by atoms with E-state index < -0.39 is 0 Å². The third-order valence-corrected chi connectivity index (χ3v) is 4.61. The number of rotatable bonds is 4. The summed E-state index contributed by atoms with van der Waals surface area (Å²) >= 11 is 3.39. The maximum atomic E-state index is 12.4. The van der Waals surface area contributed by atoms with Gasteiger partial charge in [0, 0.05) is 28.7 Å². The third kappa shape index (κ3) is 4.14. The lowest BCUT2D eigenvalue weighted by Gasteiger charge is -2.16. The summed E-state index contributed by atoms with van der Waals surface area (Å²) in [6, 6.07) is 14.8. The molecule has 1 saturated heterocycles. The van der Waals surface area contributed by atoms with Gasteiger partial charge in [-0.3, -0.25) is 9.59 Å². The Morgan fingerprint density at radius 1 is 1.16 bits per heavy atom. The smallest absolute Gasteiger partial charge is 0.271 e. The van der Waals surface area contributed by atoms with E-state index in [1.54, 1.807) is 23.1 Å². The summed E-state index contributed by atoms with van der Waals surface area (Å²) in [6.45, 7) is 2.54. The average molecular weight is 400 g/mol. The molecular weight excluding hydrogens is 382 g/mol. The van der Waals surface area contributed by atoms with Gasteiger partial charge in [-0.15, -0.1) is 0 Å². The number of amides is 2. The first kappa shape index (κ1) is 17.4. The van der Waals surface area contributed by atoms with Crippen LogP contribution in [-0.4, -0.2) is 24.1 Å². The minimum absolute atomic E-state index is 0.0988. The molecule has 5 nitrogen and oxygen atoms in total. The number of nitrogens with one attached hydrogen (secondary N) is 1. The van der Waals surface area contributed by atoms with Crippen molar-refractivity contribution in [1.82, 2.24) is 5.43 Å². The molecule has 3 rings (SSSR count). The molecule has 1 aliphatic rings. The lowest BCUT2D eigenvalue weighted by atomic mass is 10.1. The van der Waals surface area contributed by atoms with Crippen LogP contribution in [0.15, 0.2) is 58.1 Å². The minimum Gasteiger partial charge on any atom is -0.312 e. The Morgan fingerprint density at radius 2 is 1.92 bits per heavy atom. The quantitative estimate of drug-likeness (QED) is 0.628. The lowest BCUT2D eigenvalue weighted by Crippen LogP contribution is -2.24. The van der Waals surface area contributed by atoms with E-state index in [-0.39, 0.29) is 11.8 Å². The molecule has 25 heavy (non-hydrogen) atoms. The van der Waals surface area contributed by atoms with Crippen molar-refractivity contribution >= 4 is 39.1 Å². The fourth-order valence-corrected chi connectivity index (χ4v) is 2.96. The van der Waals surface area contributed by atoms with E-state index in [0.29, 0.717) is 24.2 Å². The normalized spacial score (nSPS) is 14.7. The first-order chi connectivity index (χ1) is 12.0. The Kier molecular flexibility index (Phi) is 5.28. The van der Waals surface area contributed by atoms with Crippen molar-refractivity contribution in [3.63, 3.8) is 0 Å². The molecule has 2 aromatic carbocycles. The molecule has 2 amide bonds. The van der Waals surface area contributed by atoms with Crippen LogP contribution in [0.25, 0.3) is 0 Å². The van der Waals surface area contributed by atoms with Gasteiger partial charge < -0.3 is 4.90 Å². The van der Waals surface area contributed by atoms with Gasteiger partial charge in [0.05, 0.1) is 5.71 Å². The highest BCUT2D eigenvalue weighted by Gasteiger charge is 2.22. The standard InChI is InChI=1S/C19H18BrN3O2/c1-13(14-7-9-16(20)10-8-14)21-22-19(25)15-4-2-5-17(12-15)23-11-3-6-18(23)24/h2,4-5,7-10,12H,3,6,11H2,1H3,(H,22,25)/b21-13-. The van der Waals surface area contributed by atoms with E-state index in [9.17, 15) is 9.59 Å². The number of carbonyl (C=O) groups excluding carboxylic acids is 2. The summed E-state index contributed by atoms with van der Waals surface area (Å²) in [4.78, 5) is 25.9. The molecule has 1 heterocycles. The Labute approximate surface area is 154 Å². The Bertz CT molecular complexity index is 831. The second-order valence-corrected chi connectivity index (χ2v) is 6.76. The number of hydrogen-bond donors (Lipinski definition) is 1. The van der Waals surface area contributed by atoms with E-state index in [0.717, 1.165) is 22.1 Å². The number of halogens is 1. The lowest BCUT2D eigenvalue weighted by molar-refractivity contribution is -0.117. The van der Waals surface area contributed by atoms with Gasteiger partial charge in [0.25, 0.3) is 5.91 Å². The van der Waals surface area contributed by atoms with Crippen LogP contribution in [0.4, 0.5) is 5.69 Å². The van der Waals surface area contributed by atoms with Crippen molar-refractivity contribution in [2.24, 2.45) is 5.10 Å². The van der Waals surface area contributed by atoms with Crippen LogP contribution in [-0.2, 0) is 4.79 Å². The van der Waals surface area contributed by atoms with Crippen LogP contribution in [0.3, 0.4) is 0 Å². The fourth-order valence-electron chi connectivity index (χ4n) is 2.69. The number of hydrazone groups is 1. The molecule has 0 bridgehead atoms. The number of nitrogens with zero attached hydrogens (tertiary/aromatic N) is 2. The number of benzene rings is 2. The zero-order valence-corrected chi connectivity index (χ0v) is 15.4. The van der Waals surface area contributed by atoms with E-state index >= 15 is 0 Å². The zero-order chi connectivity index (χ0) is 17.8. The second-order valence-electron chi connectivity index (χ2n) is 5.84. The largest absolute Gasteiger partial charge is 0.312 e. The van der Waals surface area contributed by atoms with Gasteiger partial charge in [-0.1, -0.05) is 34.1 Å². The first-order valence-electron chi connectivity index (χ1n) is 8.05. The summed E-state index contributed by atoms with van der Waals surface area (Å²) in [5.41, 5.74) is 5.45. The molecule has 0 unspecified atom stereocenters. The molecule has 128 valence electrons. The minimum atomic E-state index is -0.301. The third-order valence-electron chi connectivity index (χ3n) is 4.08. The van der Waals surface area contributed by atoms with Gasteiger partial charge in [-0.25, -0.2) is 5.43 Å². The molecule has 0 atom stereocenters. The molecule has 1 N–H and O–H groups in total. The van der Waals surface area contributed by atoms with E-state index in [1.165, 1.54) is 0 Å². The van der Waals surface area contributed by atoms with Gasteiger partial charge in [-0.05, 0) is 49.2 Å². The first-order valence-corrected chi connectivity index (χ1v) is 8.85. The van der Waals surface area contributed by atoms with Crippen molar-refractivity contribution in [3.8, 4) is 0 Å². The molecule has 1 aliphatic heterocycles. The zero-order valence-electron chi connectivity index (χ0n) is 13.8. The molecule has 0 aromatic heterocycles. The van der Waals surface area contributed by atoms with Gasteiger partial charge in [0.1, 0.15) is 0 Å². The second kappa shape index (κ2) is 7.61. The molecule has 0 spiro atoms. The van der Waals surface area contributed by atoms with Crippen molar-refractivity contribution in [3.05, 3.63) is 64.1 Å². The van der Waals surface area contributed by atoms with Gasteiger partial charge in [0.2, 0.25) is 5.91 Å². The fraction of sp³-hybridized carbons (Fsp3) is 0.211. The highest BCUT2D eigenvalue weighted by Crippen LogP contribution is 2.22. The van der Waals surface area contributed by atoms with Crippen molar-refractivity contribution in [2.45, 2.75) is 19.8 Å². The summed E-state index contributed by atoms with van der Waals surface area (Å²) in [5.74, 6) is -0.202. The van der Waals surface area contributed by atoms with Gasteiger partial charge in [-0.2, -0.15) is 5.10 Å². The maximum Gasteiger partial charge on any atom is 0.271 e. The maximum absolute atomic E-state index is 12.4. The van der Waals surface area contributed by atoms with Crippen LogP contribution in [0.5, 0.6) is 0 Å². The van der Waals surface area contributed by atoms with E-state index in [4.69, 9.17) is 0 Å². The highest BCUT2D eigenvalue weighted by atomic mass is 79.9. The summed E-state index contributed by atoms with van der Waals surface area (Å²) < 4.78 is 0.987. The summed E-state index contributed by atoms with van der Waals surface area (Å²) in [5, 5.41) is 4.16. The number of hydrogen-bond acceptors (Lipinski definition) is 3. The molecule has 1 fully saturated rings. The van der Waals surface area contributed by atoms with Crippen LogP contribution < -0.4 is 10.3 Å². The van der Waals surface area contributed by atoms with Crippen LogP contribution in [0.1, 0.15) is 35.7 Å². The molecule has 0 radical (unpaired) electrons. The van der Waals surface area contributed by atoms with Crippen LogP contribution >= 0.6 is 15.9 Å². The Balaban J connectivity index is 1.72. The Morgan fingerprint density at radius 3 is 2.60 bits per heavy atom. The highest BCUT2D eigenvalue weighted by molar-refractivity contribution is 9.10. The van der Waals surface area contributed by atoms with Crippen LogP contribution in [0.2, 0.25) is 0 Å². The predicted molar refractivity (Wildman–Crippen MR) is 102 cm³/mol. The van der Waals surface area contributed by atoms with E-state index in [2.05, 4.69) is 26.5 Å². The Hall–Kier alpha value is -2.47. The summed E-state index contributed by atoms with van der Waals surface area (Å²) in [6.07, 6.45) is 1.42. The van der Waals surface area contributed by atoms with E-state index in [1.807, 2.05) is 37.3 Å². The molecule has 0 aliphatic carbocycles. The molecule has 6 heteroatoms.